The summed E-state index contributed by atoms with van der Waals surface area (Å²) in [6.07, 6.45) is 3.14. The van der Waals surface area contributed by atoms with E-state index in [0.29, 0.717) is 0 Å². The van der Waals surface area contributed by atoms with E-state index in [-0.39, 0.29) is 12.6 Å². The van der Waals surface area contributed by atoms with Crippen LogP contribution in [0.2, 0.25) is 0 Å². The molecule has 4 heteroatoms. The van der Waals surface area contributed by atoms with E-state index in [1.54, 1.807) is 0 Å². The molecule has 1 atom stereocenters. The monoisotopic (exact) mass is 206 g/mol. The van der Waals surface area contributed by atoms with Gasteiger partial charge in [-0.15, -0.1) is 0 Å². The molecule has 0 fully saturated rings. The molecule has 0 saturated heterocycles. The van der Waals surface area contributed by atoms with Crippen molar-refractivity contribution in [3.63, 3.8) is 0 Å². The minimum Gasteiger partial charge on any atom is -0.395 e. The van der Waals surface area contributed by atoms with Gasteiger partial charge in [0, 0.05) is 19.1 Å². The lowest BCUT2D eigenvalue weighted by molar-refractivity contribution is 0.236. The molecule has 0 spiro atoms. The van der Waals surface area contributed by atoms with Crippen molar-refractivity contribution in [2.45, 2.75) is 12.5 Å². The molecule has 0 aliphatic heterocycles. The van der Waals surface area contributed by atoms with Crippen LogP contribution in [0.1, 0.15) is 6.42 Å². The molecule has 1 unspecified atom stereocenters. The molecule has 0 aromatic carbocycles. The summed E-state index contributed by atoms with van der Waals surface area (Å²) in [6.45, 7) is 2.22. The molecule has 0 aromatic heterocycles. The molecule has 0 heterocycles. The average molecular weight is 206 g/mol. The highest BCUT2D eigenvalue weighted by molar-refractivity contribution is 7.98. The zero-order chi connectivity index (χ0) is 10.1. The van der Waals surface area contributed by atoms with E-state index < -0.39 is 0 Å². The maximum absolute atomic E-state index is 9.03. The van der Waals surface area contributed by atoms with E-state index in [9.17, 15) is 0 Å². The summed E-state index contributed by atoms with van der Waals surface area (Å²) >= 11 is 1.82. The smallest absolute Gasteiger partial charge is 0.0584 e. The maximum atomic E-state index is 9.03. The molecule has 2 N–H and O–H groups in total. The van der Waals surface area contributed by atoms with Crippen LogP contribution in [0.3, 0.4) is 0 Å². The number of thioether (sulfide) groups is 1. The van der Waals surface area contributed by atoms with Gasteiger partial charge in [0.05, 0.1) is 6.61 Å². The Kier molecular flexibility index (Phi) is 8.97. The molecule has 0 bridgehead atoms. The second-order valence-corrected chi connectivity index (χ2v) is 4.40. The first-order valence-electron chi connectivity index (χ1n) is 4.68. The first-order chi connectivity index (χ1) is 6.20. The normalized spacial score (nSPS) is 13.6. The van der Waals surface area contributed by atoms with Gasteiger partial charge in [0.2, 0.25) is 0 Å². The van der Waals surface area contributed by atoms with E-state index in [0.717, 1.165) is 25.3 Å². The van der Waals surface area contributed by atoms with Crippen molar-refractivity contribution in [2.75, 3.05) is 45.8 Å². The van der Waals surface area contributed by atoms with Gasteiger partial charge >= 0.3 is 0 Å². The Bertz CT molecular complexity index is 112. The average Bonchev–Trinajstić information content (AvgIpc) is 2.10. The fraction of sp³-hybridized carbons (Fsp3) is 1.00. The molecule has 0 aliphatic carbocycles. The lowest BCUT2D eigenvalue weighted by atomic mass is 10.2. The van der Waals surface area contributed by atoms with Gasteiger partial charge in [-0.05, 0) is 32.5 Å². The first-order valence-corrected chi connectivity index (χ1v) is 6.08. The molecule has 80 valence electrons. The molecule has 0 amide bonds. The molecular weight excluding hydrogens is 184 g/mol. The van der Waals surface area contributed by atoms with Gasteiger partial charge < -0.3 is 15.3 Å². The molecule has 0 radical (unpaired) electrons. The Morgan fingerprint density at radius 3 is 2.62 bits per heavy atom. The summed E-state index contributed by atoms with van der Waals surface area (Å²) in [5.74, 6) is 1.11. The molecule has 0 saturated carbocycles. The summed E-state index contributed by atoms with van der Waals surface area (Å²) in [4.78, 5) is 2.13. The summed E-state index contributed by atoms with van der Waals surface area (Å²) in [5, 5.41) is 12.4. The van der Waals surface area contributed by atoms with Gasteiger partial charge in [0.25, 0.3) is 0 Å². The number of hydrogen-bond donors (Lipinski definition) is 2. The Balaban J connectivity index is 3.36. The Hall–Kier alpha value is 0.230. The van der Waals surface area contributed by atoms with E-state index in [1.807, 2.05) is 11.8 Å². The van der Waals surface area contributed by atoms with Crippen LogP contribution >= 0.6 is 11.8 Å². The molecular formula is C9H22N2OS. The standard InChI is InChI=1S/C9H22N2OS/c1-11(2)6-5-10-9(8-12)4-7-13-3/h9-10,12H,4-8H2,1-3H3. The number of nitrogens with one attached hydrogen (secondary N) is 1. The van der Waals surface area contributed by atoms with Gasteiger partial charge in [-0.3, -0.25) is 0 Å². The zero-order valence-electron chi connectivity index (χ0n) is 8.92. The van der Waals surface area contributed by atoms with Crippen LogP contribution < -0.4 is 5.32 Å². The fourth-order valence-electron chi connectivity index (χ4n) is 1.01. The summed E-state index contributed by atoms with van der Waals surface area (Å²) < 4.78 is 0. The fourth-order valence-corrected chi connectivity index (χ4v) is 1.53. The highest BCUT2D eigenvalue weighted by atomic mass is 32.2. The van der Waals surface area contributed by atoms with Crippen molar-refractivity contribution in [1.82, 2.24) is 10.2 Å². The van der Waals surface area contributed by atoms with Crippen LogP contribution in [0.5, 0.6) is 0 Å². The van der Waals surface area contributed by atoms with E-state index in [4.69, 9.17) is 5.11 Å². The molecule has 13 heavy (non-hydrogen) atoms. The van der Waals surface area contributed by atoms with Crippen molar-refractivity contribution in [2.24, 2.45) is 0 Å². The summed E-state index contributed by atoms with van der Waals surface area (Å²) in [7, 11) is 4.11. The van der Waals surface area contributed by atoms with Crippen LogP contribution in [-0.4, -0.2) is 61.8 Å². The van der Waals surface area contributed by atoms with Gasteiger partial charge in [-0.1, -0.05) is 0 Å². The van der Waals surface area contributed by atoms with Crippen LogP contribution in [0.15, 0.2) is 0 Å². The minimum absolute atomic E-state index is 0.244. The van der Waals surface area contributed by atoms with Crippen molar-refractivity contribution in [1.29, 1.82) is 0 Å². The Morgan fingerprint density at radius 1 is 1.46 bits per heavy atom. The van der Waals surface area contributed by atoms with Gasteiger partial charge in [-0.2, -0.15) is 11.8 Å². The van der Waals surface area contributed by atoms with Crippen molar-refractivity contribution >= 4 is 11.8 Å². The molecule has 0 aromatic rings. The number of likely N-dealkylation sites (N-methyl/N-ethyl adjacent to an activating group) is 1. The minimum atomic E-state index is 0.244. The van der Waals surface area contributed by atoms with Gasteiger partial charge in [-0.25, -0.2) is 0 Å². The Labute approximate surface area is 85.9 Å². The molecule has 0 rings (SSSR count). The lowest BCUT2D eigenvalue weighted by Crippen LogP contribution is -2.37. The number of aliphatic hydroxyl groups excluding tert-OH is 1. The van der Waals surface area contributed by atoms with Crippen molar-refractivity contribution in [3.8, 4) is 0 Å². The van der Waals surface area contributed by atoms with Crippen LogP contribution in [0, 0.1) is 0 Å². The highest BCUT2D eigenvalue weighted by Gasteiger charge is 2.04. The number of nitrogens with zero attached hydrogens (tertiary/aromatic N) is 1. The topological polar surface area (TPSA) is 35.5 Å². The molecule has 0 aliphatic rings. The number of hydrogen-bond acceptors (Lipinski definition) is 4. The maximum Gasteiger partial charge on any atom is 0.0584 e. The van der Waals surface area contributed by atoms with E-state index in [1.165, 1.54) is 0 Å². The van der Waals surface area contributed by atoms with Crippen LogP contribution in [0.4, 0.5) is 0 Å². The third kappa shape index (κ3) is 8.56. The molecule has 3 nitrogen and oxygen atoms in total. The third-order valence-electron chi connectivity index (χ3n) is 1.88. The van der Waals surface area contributed by atoms with Crippen LogP contribution in [0.25, 0.3) is 0 Å². The Morgan fingerprint density at radius 2 is 2.15 bits per heavy atom. The zero-order valence-corrected chi connectivity index (χ0v) is 9.73. The van der Waals surface area contributed by atoms with E-state index >= 15 is 0 Å². The SMILES string of the molecule is CSCCC(CO)NCCN(C)C. The predicted octanol–water partition coefficient (Wildman–Crippen LogP) is 0.252. The number of aliphatic hydroxyl groups is 1. The predicted molar refractivity (Wildman–Crippen MR) is 60.4 cm³/mol. The second kappa shape index (κ2) is 8.81. The quantitative estimate of drug-likeness (QED) is 0.597. The number of rotatable bonds is 8. The summed E-state index contributed by atoms with van der Waals surface area (Å²) in [6, 6.07) is 0.271. The third-order valence-corrected chi connectivity index (χ3v) is 2.53. The lowest BCUT2D eigenvalue weighted by Gasteiger charge is -2.17. The largest absolute Gasteiger partial charge is 0.395 e. The van der Waals surface area contributed by atoms with Gasteiger partial charge in [0.15, 0.2) is 0 Å². The van der Waals surface area contributed by atoms with Crippen LogP contribution in [-0.2, 0) is 0 Å². The first kappa shape index (κ1) is 13.2. The summed E-state index contributed by atoms with van der Waals surface area (Å²) in [5.41, 5.74) is 0. The van der Waals surface area contributed by atoms with Crippen molar-refractivity contribution in [3.05, 3.63) is 0 Å². The van der Waals surface area contributed by atoms with Crippen molar-refractivity contribution < 1.29 is 5.11 Å². The highest BCUT2D eigenvalue weighted by Crippen LogP contribution is 1.99. The van der Waals surface area contributed by atoms with Gasteiger partial charge in [0.1, 0.15) is 0 Å². The second-order valence-electron chi connectivity index (χ2n) is 3.42. The van der Waals surface area contributed by atoms with E-state index in [2.05, 4.69) is 30.6 Å².